The monoisotopic (exact) mass is 814 g/mol. The lowest BCUT2D eigenvalue weighted by atomic mass is 10.1. The van der Waals surface area contributed by atoms with Crippen LogP contribution < -0.4 is 15.0 Å². The van der Waals surface area contributed by atoms with Crippen LogP contribution in [0.25, 0.3) is 10.2 Å². The molecule has 1 aliphatic heterocycles. The molecular weight excluding hydrogens is 764 g/mol. The fourth-order valence-corrected chi connectivity index (χ4v) is 8.39. The smallest absolute Gasteiger partial charge is 0.355 e. The van der Waals surface area contributed by atoms with Gasteiger partial charge in [-0.3, -0.25) is 9.80 Å². The molecule has 0 bridgehead atoms. The summed E-state index contributed by atoms with van der Waals surface area (Å²) in [7, 11) is 3.84. The maximum Gasteiger partial charge on any atom is 0.355 e. The van der Waals surface area contributed by atoms with Gasteiger partial charge in [0, 0.05) is 30.1 Å². The van der Waals surface area contributed by atoms with Crippen molar-refractivity contribution in [2.75, 3.05) is 76.9 Å². The second-order valence-electron chi connectivity index (χ2n) is 14.3. The van der Waals surface area contributed by atoms with Crippen molar-refractivity contribution in [2.45, 2.75) is 58.3 Å². The lowest BCUT2D eigenvalue weighted by molar-refractivity contribution is 0.0371. The molecule has 1 saturated heterocycles. The number of morpholine rings is 1. The number of ether oxygens (including phenoxy) is 2. The van der Waals surface area contributed by atoms with Gasteiger partial charge in [-0.2, -0.15) is 0 Å². The summed E-state index contributed by atoms with van der Waals surface area (Å²) in [6.07, 6.45) is 7.46. The van der Waals surface area contributed by atoms with Gasteiger partial charge in [0.2, 0.25) is 0 Å². The van der Waals surface area contributed by atoms with Crippen molar-refractivity contribution in [2.24, 2.45) is 0 Å². The number of hydrogen-bond donors (Lipinski definition) is 2. The van der Waals surface area contributed by atoms with Gasteiger partial charge in [0.15, 0.2) is 39.2 Å². The molecule has 0 unspecified atom stereocenters. The van der Waals surface area contributed by atoms with E-state index >= 15 is 0 Å². The Bertz CT molecular complexity index is 2110. The van der Waals surface area contributed by atoms with Crippen molar-refractivity contribution in [3.8, 4) is 17.6 Å². The number of aryl methyl sites for hydroxylation is 2. The second-order valence-corrected chi connectivity index (χ2v) is 16.4. The Hall–Kier alpha value is -4.72. The molecule has 15 heteroatoms. The Morgan fingerprint density at radius 3 is 2.54 bits per heavy atom. The summed E-state index contributed by atoms with van der Waals surface area (Å²) in [5, 5.41) is 23.9. The molecule has 0 amide bonds. The van der Waals surface area contributed by atoms with Gasteiger partial charge in [-0.1, -0.05) is 61.0 Å². The van der Waals surface area contributed by atoms with E-state index in [9.17, 15) is 14.3 Å². The molecule has 0 atom stereocenters. The predicted molar refractivity (Wildman–Crippen MR) is 226 cm³/mol. The fraction of sp³-hybridized carbons (Fsp3) is 0.452. The number of aromatic nitrogens is 4. The standard InChI is InChI=1S/C42H51FN8O4S2/c1-30-28-37(47-48-39(30)46-41-44-33-15-8-9-16-35(33)56-41)51(22-11-7-5-4-6-10-21-50-23-26-54-27-24-50)42-45-38(40(52)53)36(57-42)17-13-25-55-34-19-18-31(29-32(34)43)14-12-20-49(2)3/h8-9,15-16,18-19,28-29H,4-7,10-11,13,17,20-27H2,1-3H3,(H,52,53)(H,44,46,48). The first-order valence-corrected chi connectivity index (χ1v) is 21.2. The number of carboxylic acid groups (broad SMARTS) is 1. The molecule has 2 N–H and O–H groups in total. The lowest BCUT2D eigenvalue weighted by Gasteiger charge is -2.26. The minimum Gasteiger partial charge on any atom is -0.491 e. The number of carboxylic acids is 1. The highest BCUT2D eigenvalue weighted by molar-refractivity contribution is 7.22. The predicted octanol–water partition coefficient (Wildman–Crippen LogP) is 8.17. The van der Waals surface area contributed by atoms with Crippen molar-refractivity contribution in [3.05, 3.63) is 76.0 Å². The van der Waals surface area contributed by atoms with Crippen LogP contribution in [0.15, 0.2) is 48.5 Å². The van der Waals surface area contributed by atoms with Crippen LogP contribution in [0.1, 0.15) is 71.4 Å². The summed E-state index contributed by atoms with van der Waals surface area (Å²) in [6, 6.07) is 14.6. The van der Waals surface area contributed by atoms with Gasteiger partial charge in [-0.25, -0.2) is 19.2 Å². The first-order chi connectivity index (χ1) is 27.7. The summed E-state index contributed by atoms with van der Waals surface area (Å²) < 4.78 is 27.1. The summed E-state index contributed by atoms with van der Waals surface area (Å²) >= 11 is 2.88. The average Bonchev–Trinajstić information content (AvgIpc) is 3.82. The number of halogens is 1. The quantitative estimate of drug-likeness (QED) is 0.0581. The SMILES string of the molecule is Cc1cc(N(CCCCCCCCN2CCOCC2)c2nc(C(=O)O)c(CCCOc3ccc(C#CCN(C)C)cc3F)s2)nnc1Nc1nc2ccccc2s1. The highest BCUT2D eigenvalue weighted by Crippen LogP contribution is 2.34. The van der Waals surface area contributed by atoms with Gasteiger partial charge in [-0.05, 0) is 95.2 Å². The molecule has 0 aliphatic carbocycles. The molecule has 4 heterocycles. The number of aromatic carboxylic acids is 1. The van der Waals surface area contributed by atoms with Crippen LogP contribution in [0.2, 0.25) is 0 Å². The minimum atomic E-state index is -1.10. The largest absolute Gasteiger partial charge is 0.491 e. The number of hydrogen-bond acceptors (Lipinski definition) is 13. The fourth-order valence-electron chi connectivity index (χ4n) is 6.40. The first-order valence-electron chi connectivity index (χ1n) is 19.6. The van der Waals surface area contributed by atoms with E-state index in [0.29, 0.717) is 53.1 Å². The summed E-state index contributed by atoms with van der Waals surface area (Å²) in [5.41, 5.74) is 2.37. The number of nitrogens with zero attached hydrogens (tertiary/aromatic N) is 7. The Balaban J connectivity index is 1.10. The highest BCUT2D eigenvalue weighted by Gasteiger charge is 2.23. The lowest BCUT2D eigenvalue weighted by Crippen LogP contribution is -2.36. The number of nitrogens with one attached hydrogen (secondary N) is 1. The van der Waals surface area contributed by atoms with Gasteiger partial charge in [0.05, 0.1) is 36.6 Å². The topological polar surface area (TPSA) is 129 Å². The van der Waals surface area contributed by atoms with E-state index in [1.807, 2.05) is 61.2 Å². The van der Waals surface area contributed by atoms with Crippen LogP contribution >= 0.6 is 22.7 Å². The molecule has 302 valence electrons. The van der Waals surface area contributed by atoms with Gasteiger partial charge in [0.25, 0.3) is 0 Å². The molecule has 3 aromatic heterocycles. The van der Waals surface area contributed by atoms with Crippen LogP contribution in [0.4, 0.5) is 26.3 Å². The maximum atomic E-state index is 14.8. The molecule has 12 nitrogen and oxygen atoms in total. The Kier molecular flexibility index (Phi) is 15.6. The van der Waals surface area contributed by atoms with E-state index in [0.717, 1.165) is 73.0 Å². The molecule has 2 aromatic carbocycles. The Morgan fingerprint density at radius 1 is 1.00 bits per heavy atom. The molecule has 1 aliphatic rings. The number of anilines is 4. The van der Waals surface area contributed by atoms with E-state index in [2.05, 4.69) is 42.2 Å². The van der Waals surface area contributed by atoms with Crippen LogP contribution in [-0.2, 0) is 11.2 Å². The molecule has 6 rings (SSSR count). The zero-order chi connectivity index (χ0) is 40.0. The zero-order valence-corrected chi connectivity index (χ0v) is 34.6. The third-order valence-electron chi connectivity index (χ3n) is 9.46. The van der Waals surface area contributed by atoms with Crippen molar-refractivity contribution in [1.82, 2.24) is 30.0 Å². The summed E-state index contributed by atoms with van der Waals surface area (Å²) in [4.78, 5) is 28.8. The van der Waals surface area contributed by atoms with E-state index in [-0.39, 0.29) is 18.1 Å². The number of thiazole rings is 2. The van der Waals surface area contributed by atoms with Crippen LogP contribution in [0, 0.1) is 24.6 Å². The van der Waals surface area contributed by atoms with Gasteiger partial charge in [0.1, 0.15) is 0 Å². The number of fused-ring (bicyclic) bond motifs is 1. The van der Waals surface area contributed by atoms with E-state index < -0.39 is 11.8 Å². The minimum absolute atomic E-state index is 0.00547. The highest BCUT2D eigenvalue weighted by atomic mass is 32.1. The molecule has 0 saturated carbocycles. The van der Waals surface area contributed by atoms with Crippen molar-refractivity contribution in [3.63, 3.8) is 0 Å². The van der Waals surface area contributed by atoms with Crippen LogP contribution in [0.5, 0.6) is 5.75 Å². The van der Waals surface area contributed by atoms with Crippen molar-refractivity contribution in [1.29, 1.82) is 0 Å². The molecule has 1 fully saturated rings. The van der Waals surface area contributed by atoms with Crippen LogP contribution in [-0.4, -0.2) is 108 Å². The Labute approximate surface area is 342 Å². The number of para-hydroxylation sites is 1. The number of carbonyl (C=O) groups is 1. The van der Waals surface area contributed by atoms with E-state index in [1.165, 1.54) is 36.7 Å². The van der Waals surface area contributed by atoms with E-state index in [4.69, 9.17) is 9.47 Å². The summed E-state index contributed by atoms with van der Waals surface area (Å²) in [6.45, 7) is 8.19. The number of benzene rings is 2. The molecule has 57 heavy (non-hydrogen) atoms. The third-order valence-corrected chi connectivity index (χ3v) is 11.6. The third kappa shape index (κ3) is 12.4. The van der Waals surface area contributed by atoms with Gasteiger partial charge < -0.3 is 24.8 Å². The molecule has 5 aromatic rings. The maximum absolute atomic E-state index is 14.8. The van der Waals surface area contributed by atoms with Gasteiger partial charge >= 0.3 is 5.97 Å². The average molecular weight is 815 g/mol. The van der Waals surface area contributed by atoms with Crippen molar-refractivity contribution < 1.29 is 23.8 Å². The zero-order valence-electron chi connectivity index (χ0n) is 32.9. The summed E-state index contributed by atoms with van der Waals surface area (Å²) in [5.74, 6) is 5.71. The molecule has 0 spiro atoms. The van der Waals surface area contributed by atoms with Crippen LogP contribution in [0.3, 0.4) is 0 Å². The molecule has 0 radical (unpaired) electrons. The number of rotatable bonds is 20. The first kappa shape index (κ1) is 41.9. The molecular formula is C42H51FN8O4S2. The Morgan fingerprint density at radius 2 is 1.79 bits per heavy atom. The second kappa shape index (κ2) is 21.2. The van der Waals surface area contributed by atoms with Crippen molar-refractivity contribution >= 4 is 60.8 Å². The van der Waals surface area contributed by atoms with E-state index in [1.54, 1.807) is 23.5 Å². The number of unbranched alkanes of at least 4 members (excludes halogenated alkanes) is 5. The normalized spacial score (nSPS) is 13.1. The van der Waals surface area contributed by atoms with Gasteiger partial charge in [-0.15, -0.1) is 21.5 Å².